The Morgan fingerprint density at radius 1 is 1.39 bits per heavy atom. The van der Waals surface area contributed by atoms with Crippen molar-refractivity contribution >= 4 is 29.1 Å². The summed E-state index contributed by atoms with van der Waals surface area (Å²) >= 11 is 11.7. The van der Waals surface area contributed by atoms with Gasteiger partial charge in [0.1, 0.15) is 5.75 Å². The maximum atomic E-state index is 11.6. The van der Waals surface area contributed by atoms with E-state index in [2.05, 4.69) is 10.6 Å². The molecule has 2 N–H and O–H groups in total. The molecule has 98 valence electrons. The van der Waals surface area contributed by atoms with Crippen molar-refractivity contribution in [1.82, 2.24) is 10.6 Å². The van der Waals surface area contributed by atoms with Crippen molar-refractivity contribution < 1.29 is 9.53 Å². The molecule has 1 heterocycles. The molecule has 0 aliphatic carbocycles. The van der Waals surface area contributed by atoms with E-state index in [-0.39, 0.29) is 18.6 Å². The minimum absolute atomic E-state index is 0.0346. The molecule has 0 spiro atoms. The highest BCUT2D eigenvalue weighted by atomic mass is 35.5. The summed E-state index contributed by atoms with van der Waals surface area (Å²) in [6.07, 6.45) is 0.953. The van der Waals surface area contributed by atoms with Gasteiger partial charge >= 0.3 is 0 Å². The van der Waals surface area contributed by atoms with Crippen molar-refractivity contribution in [1.29, 1.82) is 0 Å². The molecule has 1 aliphatic rings. The van der Waals surface area contributed by atoms with Gasteiger partial charge in [0.15, 0.2) is 6.61 Å². The van der Waals surface area contributed by atoms with Crippen molar-refractivity contribution in [3.8, 4) is 5.75 Å². The largest absolute Gasteiger partial charge is 0.484 e. The number of carbonyl (C=O) groups excluding carboxylic acids is 1. The van der Waals surface area contributed by atoms with Crippen LogP contribution in [0.25, 0.3) is 0 Å². The van der Waals surface area contributed by atoms with Crippen LogP contribution in [-0.4, -0.2) is 31.6 Å². The van der Waals surface area contributed by atoms with Gasteiger partial charge in [-0.25, -0.2) is 0 Å². The molecule has 1 unspecified atom stereocenters. The van der Waals surface area contributed by atoms with Gasteiger partial charge in [-0.15, -0.1) is 0 Å². The smallest absolute Gasteiger partial charge is 0.258 e. The Morgan fingerprint density at radius 3 is 2.72 bits per heavy atom. The third-order valence-corrected chi connectivity index (χ3v) is 3.07. The van der Waals surface area contributed by atoms with Crippen LogP contribution < -0.4 is 15.4 Å². The normalized spacial score (nSPS) is 18.7. The summed E-state index contributed by atoms with van der Waals surface area (Å²) in [5.74, 6) is 0.354. The van der Waals surface area contributed by atoms with Crippen LogP contribution in [0.4, 0.5) is 0 Å². The van der Waals surface area contributed by atoms with Gasteiger partial charge in [0, 0.05) is 22.6 Å². The topological polar surface area (TPSA) is 50.4 Å². The van der Waals surface area contributed by atoms with Gasteiger partial charge in [0.2, 0.25) is 0 Å². The predicted octanol–water partition coefficient (Wildman–Crippen LogP) is 1.85. The van der Waals surface area contributed by atoms with Crippen LogP contribution in [0.1, 0.15) is 6.42 Å². The second-order valence-electron chi connectivity index (χ2n) is 4.15. The molecule has 0 radical (unpaired) electrons. The number of carbonyl (C=O) groups is 1. The quantitative estimate of drug-likeness (QED) is 0.889. The van der Waals surface area contributed by atoms with E-state index in [1.807, 2.05) is 0 Å². The molecule has 1 aromatic rings. The molecule has 4 nitrogen and oxygen atoms in total. The van der Waals surface area contributed by atoms with Gasteiger partial charge in [-0.05, 0) is 31.2 Å². The summed E-state index contributed by atoms with van der Waals surface area (Å²) in [7, 11) is 0. The Balaban J connectivity index is 1.81. The van der Waals surface area contributed by atoms with Crippen molar-refractivity contribution in [2.75, 3.05) is 19.7 Å². The molecule has 6 heteroatoms. The van der Waals surface area contributed by atoms with Crippen molar-refractivity contribution in [2.24, 2.45) is 0 Å². The average Bonchev–Trinajstić information content (AvgIpc) is 2.78. The van der Waals surface area contributed by atoms with Crippen LogP contribution in [0.5, 0.6) is 5.75 Å². The molecule has 1 amide bonds. The zero-order valence-electron chi connectivity index (χ0n) is 9.71. The first-order valence-electron chi connectivity index (χ1n) is 5.72. The van der Waals surface area contributed by atoms with E-state index in [0.717, 1.165) is 19.5 Å². The Labute approximate surface area is 116 Å². The fourth-order valence-corrected chi connectivity index (χ4v) is 2.31. The number of halogens is 2. The molecule has 2 rings (SSSR count). The Kier molecular flexibility index (Phi) is 4.69. The molecule has 1 aromatic carbocycles. The first kappa shape index (κ1) is 13.5. The summed E-state index contributed by atoms with van der Waals surface area (Å²) in [5, 5.41) is 7.03. The van der Waals surface area contributed by atoms with Crippen molar-refractivity contribution in [3.63, 3.8) is 0 Å². The Bertz CT molecular complexity index is 414. The summed E-state index contributed by atoms with van der Waals surface area (Å²) in [6.45, 7) is 1.72. The third kappa shape index (κ3) is 4.05. The molecule has 18 heavy (non-hydrogen) atoms. The highest BCUT2D eigenvalue weighted by molar-refractivity contribution is 6.34. The molecule has 1 atom stereocenters. The number of ether oxygens (including phenoxy) is 1. The fraction of sp³-hybridized carbons (Fsp3) is 0.417. The van der Waals surface area contributed by atoms with E-state index < -0.39 is 0 Å². The Morgan fingerprint density at radius 2 is 2.11 bits per heavy atom. The zero-order valence-corrected chi connectivity index (χ0v) is 11.2. The van der Waals surface area contributed by atoms with E-state index in [0.29, 0.717) is 15.8 Å². The number of nitrogens with one attached hydrogen (secondary N) is 2. The molecular weight excluding hydrogens is 275 g/mol. The molecule has 1 saturated heterocycles. The van der Waals surface area contributed by atoms with Crippen LogP contribution in [0.15, 0.2) is 18.2 Å². The first-order chi connectivity index (χ1) is 8.63. The Hall–Kier alpha value is -0.970. The lowest BCUT2D eigenvalue weighted by molar-refractivity contribution is -0.123. The van der Waals surface area contributed by atoms with E-state index in [9.17, 15) is 4.79 Å². The number of hydrogen-bond donors (Lipinski definition) is 2. The zero-order chi connectivity index (χ0) is 13.0. The highest BCUT2D eigenvalue weighted by Crippen LogP contribution is 2.23. The maximum Gasteiger partial charge on any atom is 0.258 e. The van der Waals surface area contributed by atoms with Crippen molar-refractivity contribution in [2.45, 2.75) is 12.5 Å². The average molecular weight is 289 g/mol. The lowest BCUT2D eigenvalue weighted by atomic mass is 10.2. The second-order valence-corrected chi connectivity index (χ2v) is 5.02. The van der Waals surface area contributed by atoms with Gasteiger partial charge in [-0.3, -0.25) is 4.79 Å². The van der Waals surface area contributed by atoms with E-state index in [1.165, 1.54) is 0 Å². The summed E-state index contributed by atoms with van der Waals surface area (Å²) in [4.78, 5) is 11.6. The monoisotopic (exact) mass is 288 g/mol. The van der Waals surface area contributed by atoms with Crippen LogP contribution in [-0.2, 0) is 4.79 Å². The summed E-state index contributed by atoms with van der Waals surface area (Å²) < 4.78 is 5.34. The third-order valence-electron chi connectivity index (χ3n) is 2.63. The minimum Gasteiger partial charge on any atom is -0.484 e. The molecule has 1 aliphatic heterocycles. The minimum atomic E-state index is -0.139. The molecule has 0 aromatic heterocycles. The number of hydrogen-bond acceptors (Lipinski definition) is 3. The molecular formula is C12H14Cl2N2O2. The summed E-state index contributed by atoms with van der Waals surface area (Å²) in [5.41, 5.74) is 0. The molecule has 0 saturated carbocycles. The van der Waals surface area contributed by atoms with Crippen LogP contribution in [0.2, 0.25) is 10.0 Å². The highest BCUT2D eigenvalue weighted by Gasteiger charge is 2.16. The van der Waals surface area contributed by atoms with E-state index >= 15 is 0 Å². The first-order valence-corrected chi connectivity index (χ1v) is 6.48. The second kappa shape index (κ2) is 6.27. The lowest BCUT2D eigenvalue weighted by Gasteiger charge is -2.12. The lowest BCUT2D eigenvalue weighted by Crippen LogP contribution is -2.39. The van der Waals surface area contributed by atoms with E-state index in [1.54, 1.807) is 18.2 Å². The number of benzene rings is 1. The molecule has 0 bridgehead atoms. The van der Waals surface area contributed by atoms with Gasteiger partial charge in [0.25, 0.3) is 5.91 Å². The SMILES string of the molecule is O=C(COc1cc(Cl)cc(Cl)c1)NC1CCNC1. The fourth-order valence-electron chi connectivity index (χ4n) is 1.81. The van der Waals surface area contributed by atoms with Gasteiger partial charge in [0.05, 0.1) is 0 Å². The standard InChI is InChI=1S/C12H14Cl2N2O2/c13-8-3-9(14)5-11(4-8)18-7-12(17)16-10-1-2-15-6-10/h3-5,10,15H,1-2,6-7H2,(H,16,17). The van der Waals surface area contributed by atoms with Crippen LogP contribution in [0.3, 0.4) is 0 Å². The van der Waals surface area contributed by atoms with E-state index in [4.69, 9.17) is 27.9 Å². The maximum absolute atomic E-state index is 11.6. The number of amides is 1. The van der Waals surface area contributed by atoms with Gasteiger partial charge < -0.3 is 15.4 Å². The van der Waals surface area contributed by atoms with Gasteiger partial charge in [-0.1, -0.05) is 23.2 Å². The number of rotatable bonds is 4. The van der Waals surface area contributed by atoms with Crippen LogP contribution >= 0.6 is 23.2 Å². The van der Waals surface area contributed by atoms with Gasteiger partial charge in [-0.2, -0.15) is 0 Å². The molecule has 1 fully saturated rings. The predicted molar refractivity (Wildman–Crippen MR) is 71.4 cm³/mol. The van der Waals surface area contributed by atoms with Crippen LogP contribution in [0, 0.1) is 0 Å². The summed E-state index contributed by atoms with van der Waals surface area (Å²) in [6, 6.07) is 5.06. The van der Waals surface area contributed by atoms with Crippen molar-refractivity contribution in [3.05, 3.63) is 28.2 Å².